The third kappa shape index (κ3) is 3.59. The van der Waals surface area contributed by atoms with E-state index >= 15 is 0 Å². The third-order valence-electron chi connectivity index (χ3n) is 2.92. The van der Waals surface area contributed by atoms with Crippen LogP contribution < -0.4 is 5.32 Å². The number of hydrogen-bond donors (Lipinski definition) is 2. The van der Waals surface area contributed by atoms with Gasteiger partial charge in [0.1, 0.15) is 5.82 Å². The molecule has 0 aliphatic rings. The Morgan fingerprint density at radius 2 is 1.70 bits per heavy atom. The van der Waals surface area contributed by atoms with Gasteiger partial charge in [-0.3, -0.25) is 0 Å². The fourth-order valence-corrected chi connectivity index (χ4v) is 1.86. The summed E-state index contributed by atoms with van der Waals surface area (Å²) < 4.78 is 39.1. The van der Waals surface area contributed by atoms with E-state index in [-0.39, 0.29) is 18.7 Å². The van der Waals surface area contributed by atoms with Gasteiger partial charge in [-0.15, -0.1) is 0 Å². The van der Waals surface area contributed by atoms with Gasteiger partial charge in [-0.25, -0.2) is 13.2 Å². The van der Waals surface area contributed by atoms with Crippen LogP contribution in [0.3, 0.4) is 0 Å². The number of nitrogens with one attached hydrogen (secondary N) is 1. The minimum Gasteiger partial charge on any atom is -0.387 e. The molecule has 2 aromatic rings. The molecule has 0 radical (unpaired) electrons. The minimum absolute atomic E-state index is 0.111. The van der Waals surface area contributed by atoms with Gasteiger partial charge in [0.15, 0.2) is 11.6 Å². The van der Waals surface area contributed by atoms with E-state index in [1.807, 2.05) is 0 Å². The van der Waals surface area contributed by atoms with E-state index in [1.165, 1.54) is 18.2 Å². The first-order chi connectivity index (χ1) is 9.58. The van der Waals surface area contributed by atoms with Crippen LogP contribution in [-0.2, 0) is 6.54 Å². The topological polar surface area (TPSA) is 32.3 Å². The molecule has 1 unspecified atom stereocenters. The number of hydrogen-bond acceptors (Lipinski definition) is 2. The highest BCUT2D eigenvalue weighted by Gasteiger charge is 2.11. The first-order valence-electron chi connectivity index (χ1n) is 6.15. The molecule has 5 heteroatoms. The maximum absolute atomic E-state index is 13.4. The highest BCUT2D eigenvalue weighted by atomic mass is 19.2. The summed E-state index contributed by atoms with van der Waals surface area (Å²) in [5.41, 5.74) is 0.745. The predicted octanol–water partition coefficient (Wildman–Crippen LogP) is 2.93. The summed E-state index contributed by atoms with van der Waals surface area (Å²) >= 11 is 0. The Kier molecular flexibility index (Phi) is 4.76. The van der Waals surface area contributed by atoms with E-state index in [2.05, 4.69) is 5.32 Å². The van der Waals surface area contributed by atoms with Gasteiger partial charge in [0.05, 0.1) is 6.10 Å². The Labute approximate surface area is 114 Å². The fraction of sp³-hybridized carbons (Fsp3) is 0.200. The van der Waals surface area contributed by atoms with Crippen LogP contribution in [-0.4, -0.2) is 11.7 Å². The molecule has 1 atom stereocenters. The van der Waals surface area contributed by atoms with E-state index in [0.717, 1.165) is 12.1 Å². The first-order valence-corrected chi connectivity index (χ1v) is 6.15. The van der Waals surface area contributed by atoms with E-state index in [0.29, 0.717) is 5.56 Å². The van der Waals surface area contributed by atoms with Crippen LogP contribution >= 0.6 is 0 Å². The van der Waals surface area contributed by atoms with Gasteiger partial charge >= 0.3 is 0 Å². The molecule has 0 amide bonds. The van der Waals surface area contributed by atoms with Crippen molar-refractivity contribution in [1.29, 1.82) is 0 Å². The zero-order valence-corrected chi connectivity index (χ0v) is 10.6. The smallest absolute Gasteiger partial charge is 0.159 e. The molecule has 106 valence electrons. The predicted molar refractivity (Wildman–Crippen MR) is 69.4 cm³/mol. The van der Waals surface area contributed by atoms with Gasteiger partial charge in [0.25, 0.3) is 0 Å². The average molecular weight is 281 g/mol. The van der Waals surface area contributed by atoms with Gasteiger partial charge in [-0.1, -0.05) is 24.3 Å². The second-order valence-electron chi connectivity index (χ2n) is 4.42. The molecule has 0 spiro atoms. The quantitative estimate of drug-likeness (QED) is 0.883. The van der Waals surface area contributed by atoms with Gasteiger partial charge in [-0.05, 0) is 23.8 Å². The molecule has 0 aliphatic heterocycles. The Hall–Kier alpha value is -1.85. The van der Waals surface area contributed by atoms with Crippen LogP contribution in [0.1, 0.15) is 17.2 Å². The summed E-state index contributed by atoms with van der Waals surface area (Å²) in [6.07, 6.45) is -0.999. The maximum Gasteiger partial charge on any atom is 0.159 e. The lowest BCUT2D eigenvalue weighted by molar-refractivity contribution is 0.169. The van der Waals surface area contributed by atoms with Crippen molar-refractivity contribution >= 4 is 0 Å². The van der Waals surface area contributed by atoms with E-state index in [4.69, 9.17) is 0 Å². The van der Waals surface area contributed by atoms with Gasteiger partial charge in [0.2, 0.25) is 0 Å². The number of aliphatic hydroxyl groups is 1. The maximum atomic E-state index is 13.4. The Morgan fingerprint density at radius 1 is 0.950 bits per heavy atom. The van der Waals surface area contributed by atoms with Gasteiger partial charge < -0.3 is 10.4 Å². The molecule has 2 aromatic carbocycles. The minimum atomic E-state index is -0.999. The molecular weight excluding hydrogens is 267 g/mol. The lowest BCUT2D eigenvalue weighted by atomic mass is 10.1. The molecule has 0 aliphatic carbocycles. The van der Waals surface area contributed by atoms with Gasteiger partial charge in [0, 0.05) is 18.7 Å². The summed E-state index contributed by atoms with van der Waals surface area (Å²) in [5, 5.41) is 12.7. The van der Waals surface area contributed by atoms with Crippen molar-refractivity contribution in [1.82, 2.24) is 5.32 Å². The van der Waals surface area contributed by atoms with E-state index in [9.17, 15) is 18.3 Å². The van der Waals surface area contributed by atoms with Crippen molar-refractivity contribution in [3.8, 4) is 0 Å². The van der Waals surface area contributed by atoms with Crippen molar-refractivity contribution < 1.29 is 18.3 Å². The van der Waals surface area contributed by atoms with Crippen molar-refractivity contribution in [3.05, 3.63) is 71.0 Å². The van der Waals surface area contributed by atoms with Crippen LogP contribution in [0.4, 0.5) is 13.2 Å². The molecule has 0 aromatic heterocycles. The standard InChI is InChI=1S/C15H14F3NO/c16-12-4-2-1-3-11(12)15(20)9-19-8-10-5-6-13(17)14(18)7-10/h1-7,15,19-20H,8-9H2. The summed E-state index contributed by atoms with van der Waals surface area (Å²) in [6, 6.07) is 9.52. The summed E-state index contributed by atoms with van der Waals surface area (Å²) in [5.74, 6) is -2.30. The van der Waals surface area contributed by atoms with Crippen molar-refractivity contribution in [2.24, 2.45) is 0 Å². The molecule has 2 N–H and O–H groups in total. The first kappa shape index (κ1) is 14.6. The fourth-order valence-electron chi connectivity index (χ4n) is 1.86. The summed E-state index contributed by atoms with van der Waals surface area (Å²) in [4.78, 5) is 0. The van der Waals surface area contributed by atoms with Crippen molar-refractivity contribution in [2.45, 2.75) is 12.6 Å². The zero-order valence-electron chi connectivity index (χ0n) is 10.6. The second kappa shape index (κ2) is 6.54. The van der Waals surface area contributed by atoms with E-state index in [1.54, 1.807) is 12.1 Å². The van der Waals surface area contributed by atoms with Crippen molar-refractivity contribution in [2.75, 3.05) is 6.54 Å². The molecule has 2 rings (SSSR count). The average Bonchev–Trinajstić information content (AvgIpc) is 2.43. The van der Waals surface area contributed by atoms with Crippen LogP contribution in [0.2, 0.25) is 0 Å². The molecule has 0 fully saturated rings. The summed E-state index contributed by atoms with van der Waals surface area (Å²) in [7, 11) is 0. The van der Waals surface area contributed by atoms with E-state index < -0.39 is 23.6 Å². The largest absolute Gasteiger partial charge is 0.387 e. The number of halogens is 3. The molecular formula is C15H14F3NO. The lowest BCUT2D eigenvalue weighted by Crippen LogP contribution is -2.21. The molecule has 0 saturated heterocycles. The molecule has 0 bridgehead atoms. The number of aliphatic hydroxyl groups excluding tert-OH is 1. The van der Waals surface area contributed by atoms with Gasteiger partial charge in [-0.2, -0.15) is 0 Å². The molecule has 20 heavy (non-hydrogen) atoms. The van der Waals surface area contributed by atoms with Crippen molar-refractivity contribution in [3.63, 3.8) is 0 Å². The number of rotatable bonds is 5. The monoisotopic (exact) mass is 281 g/mol. The van der Waals surface area contributed by atoms with Crippen LogP contribution in [0, 0.1) is 17.5 Å². The Morgan fingerprint density at radius 3 is 2.40 bits per heavy atom. The second-order valence-corrected chi connectivity index (χ2v) is 4.42. The highest BCUT2D eigenvalue weighted by Crippen LogP contribution is 2.16. The lowest BCUT2D eigenvalue weighted by Gasteiger charge is -2.13. The summed E-state index contributed by atoms with van der Waals surface area (Å²) in [6.45, 7) is 0.364. The molecule has 0 saturated carbocycles. The highest BCUT2D eigenvalue weighted by molar-refractivity contribution is 5.20. The van der Waals surface area contributed by atoms with Crippen LogP contribution in [0.15, 0.2) is 42.5 Å². The Balaban J connectivity index is 1.89. The molecule has 0 heterocycles. The third-order valence-corrected chi connectivity index (χ3v) is 2.92. The van der Waals surface area contributed by atoms with Crippen LogP contribution in [0.25, 0.3) is 0 Å². The Bertz CT molecular complexity index is 589. The van der Waals surface area contributed by atoms with Crippen LogP contribution in [0.5, 0.6) is 0 Å². The zero-order chi connectivity index (χ0) is 14.5. The number of benzene rings is 2. The molecule has 2 nitrogen and oxygen atoms in total. The normalized spacial score (nSPS) is 12.4. The SMILES string of the molecule is OC(CNCc1ccc(F)c(F)c1)c1ccccc1F.